The van der Waals surface area contributed by atoms with Crippen molar-refractivity contribution in [2.75, 3.05) is 36.9 Å². The molecule has 3 rings (SSSR count). The van der Waals surface area contributed by atoms with Crippen LogP contribution in [0.25, 0.3) is 0 Å². The van der Waals surface area contributed by atoms with Gasteiger partial charge in [0.25, 0.3) is 0 Å². The van der Waals surface area contributed by atoms with Gasteiger partial charge in [0.2, 0.25) is 17.7 Å². The number of likely N-dealkylation sites (tertiary alicyclic amines) is 1. The molecule has 1 aromatic carbocycles. The standard InChI is InChI=1S/C22H31N3O5/c1-3-29-18-14-17(24-22(28)15-7-8-15)19(30-4-2)13-16(18)23-20(26)9-10-21(27)25-11-5-6-12-25/h13-15H,3-12H2,1-2H3,(H,23,26)(H,24,28). The van der Waals surface area contributed by atoms with Crippen LogP contribution < -0.4 is 20.1 Å². The fourth-order valence-corrected chi connectivity index (χ4v) is 3.44. The number of rotatable bonds is 10. The monoisotopic (exact) mass is 417 g/mol. The van der Waals surface area contributed by atoms with Crippen molar-refractivity contribution in [3.05, 3.63) is 12.1 Å². The summed E-state index contributed by atoms with van der Waals surface area (Å²) in [5.41, 5.74) is 0.989. The number of benzene rings is 1. The number of ether oxygens (including phenoxy) is 2. The third-order valence-electron chi connectivity index (χ3n) is 5.19. The van der Waals surface area contributed by atoms with Crippen molar-refractivity contribution in [3.63, 3.8) is 0 Å². The van der Waals surface area contributed by atoms with Crippen LogP contribution in [0.1, 0.15) is 52.4 Å². The van der Waals surface area contributed by atoms with E-state index in [4.69, 9.17) is 9.47 Å². The largest absolute Gasteiger partial charge is 0.492 e. The van der Waals surface area contributed by atoms with Gasteiger partial charge in [-0.25, -0.2) is 0 Å². The lowest BCUT2D eigenvalue weighted by Gasteiger charge is -2.18. The summed E-state index contributed by atoms with van der Waals surface area (Å²) >= 11 is 0. The molecule has 0 unspecified atom stereocenters. The minimum atomic E-state index is -0.263. The van der Waals surface area contributed by atoms with Crippen molar-refractivity contribution in [2.24, 2.45) is 5.92 Å². The highest BCUT2D eigenvalue weighted by molar-refractivity contribution is 5.98. The quantitative estimate of drug-likeness (QED) is 0.609. The summed E-state index contributed by atoms with van der Waals surface area (Å²) in [5.74, 6) is 0.698. The van der Waals surface area contributed by atoms with Crippen molar-refractivity contribution in [1.29, 1.82) is 0 Å². The summed E-state index contributed by atoms with van der Waals surface area (Å²) in [5, 5.41) is 5.73. The molecule has 2 fully saturated rings. The molecule has 1 saturated carbocycles. The highest BCUT2D eigenvalue weighted by atomic mass is 16.5. The highest BCUT2D eigenvalue weighted by Gasteiger charge is 2.30. The Morgan fingerprint density at radius 1 is 0.933 bits per heavy atom. The zero-order valence-electron chi connectivity index (χ0n) is 17.8. The fraction of sp³-hybridized carbons (Fsp3) is 0.591. The van der Waals surface area contributed by atoms with E-state index >= 15 is 0 Å². The van der Waals surface area contributed by atoms with Gasteiger partial charge in [0.15, 0.2) is 0 Å². The van der Waals surface area contributed by atoms with E-state index in [2.05, 4.69) is 10.6 Å². The van der Waals surface area contributed by atoms with E-state index in [1.807, 2.05) is 18.7 Å². The molecule has 0 bridgehead atoms. The van der Waals surface area contributed by atoms with Gasteiger partial charge in [0, 0.05) is 44.0 Å². The maximum atomic E-state index is 12.5. The number of carbonyl (C=O) groups excluding carboxylic acids is 3. The van der Waals surface area contributed by atoms with Crippen LogP contribution in [0.2, 0.25) is 0 Å². The Morgan fingerprint density at radius 3 is 2.03 bits per heavy atom. The third kappa shape index (κ3) is 5.87. The zero-order chi connectivity index (χ0) is 21.5. The molecule has 2 aliphatic rings. The van der Waals surface area contributed by atoms with E-state index in [1.54, 1.807) is 12.1 Å². The smallest absolute Gasteiger partial charge is 0.227 e. The minimum absolute atomic E-state index is 0.0147. The summed E-state index contributed by atoms with van der Waals surface area (Å²) in [7, 11) is 0. The molecule has 0 radical (unpaired) electrons. The lowest BCUT2D eigenvalue weighted by Crippen LogP contribution is -2.28. The van der Waals surface area contributed by atoms with E-state index in [0.717, 1.165) is 38.8 Å². The van der Waals surface area contributed by atoms with E-state index in [-0.39, 0.29) is 36.5 Å². The Bertz CT molecular complexity index is 785. The maximum Gasteiger partial charge on any atom is 0.227 e. The normalized spacial score (nSPS) is 15.6. The van der Waals surface area contributed by atoms with E-state index < -0.39 is 0 Å². The van der Waals surface area contributed by atoms with Gasteiger partial charge in [-0.3, -0.25) is 14.4 Å². The van der Waals surface area contributed by atoms with Crippen LogP contribution in [0.15, 0.2) is 12.1 Å². The lowest BCUT2D eigenvalue weighted by molar-refractivity contribution is -0.131. The first-order chi connectivity index (χ1) is 14.5. The van der Waals surface area contributed by atoms with E-state index in [1.165, 1.54) is 0 Å². The van der Waals surface area contributed by atoms with Crippen LogP contribution in [0.5, 0.6) is 11.5 Å². The number of amides is 3. The van der Waals surface area contributed by atoms with Crippen LogP contribution >= 0.6 is 0 Å². The second-order valence-corrected chi connectivity index (χ2v) is 7.61. The summed E-state index contributed by atoms with van der Waals surface area (Å²) < 4.78 is 11.4. The number of anilines is 2. The van der Waals surface area contributed by atoms with Crippen molar-refractivity contribution >= 4 is 29.1 Å². The summed E-state index contributed by atoms with van der Waals surface area (Å²) in [4.78, 5) is 38.7. The molecule has 8 heteroatoms. The van der Waals surface area contributed by atoms with Crippen molar-refractivity contribution in [2.45, 2.75) is 52.4 Å². The third-order valence-corrected chi connectivity index (χ3v) is 5.19. The number of hydrogen-bond acceptors (Lipinski definition) is 5. The SMILES string of the molecule is CCOc1cc(NC(=O)C2CC2)c(OCC)cc1NC(=O)CCC(=O)N1CCCC1. The van der Waals surface area contributed by atoms with Crippen LogP contribution in [-0.4, -0.2) is 48.9 Å². The van der Waals surface area contributed by atoms with Crippen LogP contribution in [0, 0.1) is 5.92 Å². The summed E-state index contributed by atoms with van der Waals surface area (Å²) in [6, 6.07) is 3.34. The highest BCUT2D eigenvalue weighted by Crippen LogP contribution is 2.38. The Labute approximate surface area is 177 Å². The van der Waals surface area contributed by atoms with Gasteiger partial charge in [0.05, 0.1) is 24.6 Å². The molecule has 0 aromatic heterocycles. The van der Waals surface area contributed by atoms with Crippen LogP contribution in [0.3, 0.4) is 0 Å². The average Bonchev–Trinajstić information content (AvgIpc) is 3.43. The Morgan fingerprint density at radius 2 is 1.50 bits per heavy atom. The second-order valence-electron chi connectivity index (χ2n) is 7.61. The van der Waals surface area contributed by atoms with Gasteiger partial charge in [0.1, 0.15) is 11.5 Å². The van der Waals surface area contributed by atoms with Crippen molar-refractivity contribution < 1.29 is 23.9 Å². The molecule has 1 saturated heterocycles. The van der Waals surface area contributed by atoms with Gasteiger partial charge < -0.3 is 25.0 Å². The number of nitrogens with zero attached hydrogens (tertiary/aromatic N) is 1. The maximum absolute atomic E-state index is 12.5. The molecule has 30 heavy (non-hydrogen) atoms. The van der Waals surface area contributed by atoms with Crippen LogP contribution in [-0.2, 0) is 14.4 Å². The molecule has 0 atom stereocenters. The fourth-order valence-electron chi connectivity index (χ4n) is 3.44. The molecular formula is C22H31N3O5. The number of hydrogen-bond donors (Lipinski definition) is 2. The van der Waals surface area contributed by atoms with Crippen molar-refractivity contribution in [3.8, 4) is 11.5 Å². The first kappa shape index (κ1) is 21.9. The predicted octanol–water partition coefficient (Wildman–Crippen LogP) is 3.17. The van der Waals surface area contributed by atoms with Gasteiger partial charge in [-0.1, -0.05) is 0 Å². The van der Waals surface area contributed by atoms with Gasteiger partial charge >= 0.3 is 0 Å². The Kier molecular flexibility index (Phi) is 7.54. The number of carbonyl (C=O) groups is 3. The Hall–Kier alpha value is -2.77. The van der Waals surface area contributed by atoms with E-state index in [0.29, 0.717) is 36.1 Å². The molecule has 1 aromatic rings. The molecule has 3 amide bonds. The molecular weight excluding hydrogens is 386 g/mol. The topological polar surface area (TPSA) is 97.0 Å². The lowest BCUT2D eigenvalue weighted by atomic mass is 10.2. The first-order valence-electron chi connectivity index (χ1n) is 10.8. The minimum Gasteiger partial charge on any atom is -0.492 e. The molecule has 2 N–H and O–H groups in total. The molecule has 8 nitrogen and oxygen atoms in total. The number of nitrogens with one attached hydrogen (secondary N) is 2. The first-order valence-corrected chi connectivity index (χ1v) is 10.8. The second kappa shape index (κ2) is 10.3. The average molecular weight is 418 g/mol. The van der Waals surface area contributed by atoms with Crippen LogP contribution in [0.4, 0.5) is 11.4 Å². The Balaban J connectivity index is 1.69. The summed E-state index contributed by atoms with van der Waals surface area (Å²) in [6.45, 7) is 6.07. The molecule has 1 heterocycles. The van der Waals surface area contributed by atoms with Crippen molar-refractivity contribution in [1.82, 2.24) is 4.90 Å². The molecule has 1 aliphatic carbocycles. The molecule has 1 aliphatic heterocycles. The summed E-state index contributed by atoms with van der Waals surface area (Å²) in [6.07, 6.45) is 4.14. The predicted molar refractivity (Wildman–Crippen MR) is 114 cm³/mol. The van der Waals surface area contributed by atoms with E-state index in [9.17, 15) is 14.4 Å². The molecule has 164 valence electrons. The van der Waals surface area contributed by atoms with Gasteiger partial charge in [-0.2, -0.15) is 0 Å². The van der Waals surface area contributed by atoms with Gasteiger partial charge in [-0.15, -0.1) is 0 Å². The van der Waals surface area contributed by atoms with Gasteiger partial charge in [-0.05, 0) is 39.5 Å². The molecule has 0 spiro atoms. The zero-order valence-corrected chi connectivity index (χ0v) is 17.8.